The Morgan fingerprint density at radius 2 is 1.95 bits per heavy atom. The van der Waals surface area contributed by atoms with Crippen LogP contribution in [0.4, 0.5) is 4.79 Å². The highest BCUT2D eigenvalue weighted by molar-refractivity contribution is 5.82. The molecular formula is C12H25N3O4. The molecule has 0 rings (SSSR count). The second kappa shape index (κ2) is 10.6. The maximum Gasteiger partial charge on any atom is 0.326 e. The van der Waals surface area contributed by atoms with Crippen LogP contribution in [0.25, 0.3) is 0 Å². The summed E-state index contributed by atoms with van der Waals surface area (Å²) in [4.78, 5) is 24.6. The minimum Gasteiger partial charge on any atom is -0.480 e. The molecule has 0 aliphatic carbocycles. The molecule has 2 amide bonds. The second-order valence-corrected chi connectivity index (χ2v) is 4.10. The Kier molecular flexibility index (Phi) is 9.82. The van der Waals surface area contributed by atoms with E-state index in [1.807, 2.05) is 0 Å². The molecule has 0 aliphatic rings. The summed E-state index contributed by atoms with van der Waals surface area (Å²) in [5, 5.41) is 14.0. The maximum atomic E-state index is 11.5. The van der Waals surface area contributed by atoms with E-state index in [-0.39, 0.29) is 13.0 Å². The van der Waals surface area contributed by atoms with Gasteiger partial charge in [0.15, 0.2) is 0 Å². The smallest absolute Gasteiger partial charge is 0.326 e. The predicted octanol–water partition coefficient (Wildman–Crippen LogP) is 0.117. The summed E-state index contributed by atoms with van der Waals surface area (Å²) < 4.78 is 4.80. The van der Waals surface area contributed by atoms with Gasteiger partial charge in [0.05, 0.1) is 0 Å². The number of nitrogens with zero attached hydrogens (tertiary/aromatic N) is 1. The average Bonchev–Trinajstić information content (AvgIpc) is 2.39. The van der Waals surface area contributed by atoms with Gasteiger partial charge in [0.1, 0.15) is 6.04 Å². The fourth-order valence-corrected chi connectivity index (χ4v) is 1.57. The van der Waals surface area contributed by atoms with Crippen LogP contribution in [0.15, 0.2) is 0 Å². The zero-order chi connectivity index (χ0) is 14.7. The molecule has 0 fully saturated rings. The van der Waals surface area contributed by atoms with E-state index < -0.39 is 18.0 Å². The number of aliphatic carboxylic acids is 1. The number of rotatable bonds is 10. The Hall–Kier alpha value is -1.34. The van der Waals surface area contributed by atoms with Crippen LogP contribution in [-0.2, 0) is 9.53 Å². The number of ether oxygens (including phenoxy) is 1. The van der Waals surface area contributed by atoms with Crippen molar-refractivity contribution >= 4 is 12.0 Å². The summed E-state index contributed by atoms with van der Waals surface area (Å²) in [6.07, 6.45) is 0.245. The van der Waals surface area contributed by atoms with Crippen molar-refractivity contribution in [2.24, 2.45) is 0 Å². The zero-order valence-corrected chi connectivity index (χ0v) is 11.9. The summed E-state index contributed by atoms with van der Waals surface area (Å²) in [7, 11) is 1.49. The monoisotopic (exact) mass is 275 g/mol. The van der Waals surface area contributed by atoms with Gasteiger partial charge < -0.3 is 25.4 Å². The molecular weight excluding hydrogens is 250 g/mol. The number of methoxy groups -OCH3 is 1. The number of carbonyl (C=O) groups excluding carboxylic acids is 1. The van der Waals surface area contributed by atoms with Crippen LogP contribution in [0.3, 0.4) is 0 Å². The average molecular weight is 275 g/mol. The van der Waals surface area contributed by atoms with Crippen molar-refractivity contribution in [1.29, 1.82) is 0 Å². The van der Waals surface area contributed by atoms with Gasteiger partial charge in [-0.2, -0.15) is 0 Å². The van der Waals surface area contributed by atoms with Crippen molar-refractivity contribution in [2.75, 3.05) is 39.9 Å². The number of nitrogens with one attached hydrogen (secondary N) is 2. The van der Waals surface area contributed by atoms with Gasteiger partial charge in [-0.3, -0.25) is 0 Å². The summed E-state index contributed by atoms with van der Waals surface area (Å²) in [5.41, 5.74) is 0. The molecule has 19 heavy (non-hydrogen) atoms. The van der Waals surface area contributed by atoms with Gasteiger partial charge in [-0.1, -0.05) is 13.8 Å². The molecule has 0 aromatic rings. The number of likely N-dealkylation sites (N-methyl/N-ethyl adjacent to an activating group) is 1. The standard InChI is InChI=1S/C12H25N3O4/c1-4-15(5-2)8-7-13-12(18)14-10(11(16)17)6-9-19-3/h10H,4-9H2,1-3H3,(H,16,17)(H2,13,14,18). The highest BCUT2D eigenvalue weighted by Crippen LogP contribution is 1.93. The van der Waals surface area contributed by atoms with E-state index in [1.165, 1.54) is 7.11 Å². The Labute approximate surface area is 114 Å². The molecule has 0 heterocycles. The number of hydrogen-bond donors (Lipinski definition) is 3. The lowest BCUT2D eigenvalue weighted by molar-refractivity contribution is -0.139. The Morgan fingerprint density at radius 1 is 1.32 bits per heavy atom. The summed E-state index contributed by atoms with van der Waals surface area (Å²) >= 11 is 0. The van der Waals surface area contributed by atoms with Gasteiger partial charge in [-0.15, -0.1) is 0 Å². The van der Waals surface area contributed by atoms with Gasteiger partial charge >= 0.3 is 12.0 Å². The van der Waals surface area contributed by atoms with Crippen LogP contribution >= 0.6 is 0 Å². The Balaban J connectivity index is 3.95. The fraction of sp³-hybridized carbons (Fsp3) is 0.833. The van der Waals surface area contributed by atoms with Gasteiger partial charge in [0.25, 0.3) is 0 Å². The topological polar surface area (TPSA) is 90.9 Å². The molecule has 112 valence electrons. The lowest BCUT2D eigenvalue weighted by atomic mass is 10.2. The van der Waals surface area contributed by atoms with Crippen molar-refractivity contribution in [3.8, 4) is 0 Å². The predicted molar refractivity (Wildman–Crippen MR) is 72.2 cm³/mol. The van der Waals surface area contributed by atoms with Gasteiger partial charge in [-0.05, 0) is 13.1 Å². The molecule has 3 N–H and O–H groups in total. The number of carboxylic acids is 1. The van der Waals surface area contributed by atoms with E-state index in [9.17, 15) is 9.59 Å². The first kappa shape index (κ1) is 17.7. The first-order chi connectivity index (χ1) is 9.04. The van der Waals surface area contributed by atoms with Crippen molar-refractivity contribution < 1.29 is 19.4 Å². The molecule has 0 spiro atoms. The molecule has 0 saturated heterocycles. The maximum absolute atomic E-state index is 11.5. The molecule has 7 nitrogen and oxygen atoms in total. The first-order valence-electron chi connectivity index (χ1n) is 6.53. The molecule has 1 unspecified atom stereocenters. The third kappa shape index (κ3) is 8.39. The molecule has 0 radical (unpaired) electrons. The van der Waals surface area contributed by atoms with Crippen LogP contribution in [0.1, 0.15) is 20.3 Å². The highest BCUT2D eigenvalue weighted by atomic mass is 16.5. The van der Waals surface area contributed by atoms with E-state index in [1.54, 1.807) is 0 Å². The lowest BCUT2D eigenvalue weighted by Gasteiger charge is -2.19. The van der Waals surface area contributed by atoms with E-state index in [0.717, 1.165) is 19.6 Å². The number of amides is 2. The minimum absolute atomic E-state index is 0.245. The number of hydrogen-bond acceptors (Lipinski definition) is 4. The van der Waals surface area contributed by atoms with Crippen LogP contribution in [0, 0.1) is 0 Å². The van der Waals surface area contributed by atoms with Crippen molar-refractivity contribution in [2.45, 2.75) is 26.3 Å². The summed E-state index contributed by atoms with van der Waals surface area (Å²) in [6, 6.07) is -1.39. The van der Waals surface area contributed by atoms with E-state index >= 15 is 0 Å². The van der Waals surface area contributed by atoms with Crippen molar-refractivity contribution in [1.82, 2.24) is 15.5 Å². The number of urea groups is 1. The van der Waals surface area contributed by atoms with Crippen molar-refractivity contribution in [3.05, 3.63) is 0 Å². The molecule has 0 aliphatic heterocycles. The third-order valence-corrected chi connectivity index (χ3v) is 2.82. The molecule has 0 aromatic carbocycles. The third-order valence-electron chi connectivity index (χ3n) is 2.82. The molecule has 0 bridgehead atoms. The number of carbonyl (C=O) groups is 2. The fourth-order valence-electron chi connectivity index (χ4n) is 1.57. The van der Waals surface area contributed by atoms with Gasteiger partial charge in [0.2, 0.25) is 0 Å². The summed E-state index contributed by atoms with van der Waals surface area (Å²) in [5.74, 6) is -1.06. The molecule has 1 atom stereocenters. The first-order valence-corrected chi connectivity index (χ1v) is 6.53. The zero-order valence-electron chi connectivity index (χ0n) is 11.9. The van der Waals surface area contributed by atoms with Crippen LogP contribution in [-0.4, -0.2) is 67.9 Å². The van der Waals surface area contributed by atoms with Crippen LogP contribution in [0.5, 0.6) is 0 Å². The minimum atomic E-state index is -1.06. The van der Waals surface area contributed by atoms with E-state index in [4.69, 9.17) is 9.84 Å². The molecule has 0 saturated carbocycles. The van der Waals surface area contributed by atoms with Gasteiger partial charge in [0, 0.05) is 33.2 Å². The number of carboxylic acid groups (broad SMARTS) is 1. The summed E-state index contributed by atoms with van der Waals surface area (Å²) in [6.45, 7) is 7.47. The Bertz CT molecular complexity index is 270. The molecule has 7 heteroatoms. The lowest BCUT2D eigenvalue weighted by Crippen LogP contribution is -2.48. The SMILES string of the molecule is CCN(CC)CCNC(=O)NC(CCOC)C(=O)O. The van der Waals surface area contributed by atoms with E-state index in [0.29, 0.717) is 6.54 Å². The highest BCUT2D eigenvalue weighted by Gasteiger charge is 2.19. The normalized spacial score (nSPS) is 12.2. The van der Waals surface area contributed by atoms with Gasteiger partial charge in [-0.25, -0.2) is 9.59 Å². The Morgan fingerprint density at radius 3 is 2.42 bits per heavy atom. The van der Waals surface area contributed by atoms with Crippen LogP contribution < -0.4 is 10.6 Å². The van der Waals surface area contributed by atoms with Crippen LogP contribution in [0.2, 0.25) is 0 Å². The largest absolute Gasteiger partial charge is 0.480 e. The van der Waals surface area contributed by atoms with Crippen molar-refractivity contribution in [3.63, 3.8) is 0 Å². The second-order valence-electron chi connectivity index (χ2n) is 4.10. The molecule has 0 aromatic heterocycles. The van der Waals surface area contributed by atoms with E-state index in [2.05, 4.69) is 29.4 Å². The quantitative estimate of drug-likeness (QED) is 0.527.